The Bertz CT molecular complexity index is 1800. The molecule has 12 nitrogen and oxygen atoms in total. The van der Waals surface area contributed by atoms with Crippen molar-refractivity contribution >= 4 is 40.7 Å². The summed E-state index contributed by atoms with van der Waals surface area (Å²) in [4.78, 5) is 58.7. The summed E-state index contributed by atoms with van der Waals surface area (Å²) in [7, 11) is 1.69. The van der Waals surface area contributed by atoms with Crippen molar-refractivity contribution in [2.24, 2.45) is 0 Å². The molecule has 0 spiro atoms. The second-order valence-electron chi connectivity index (χ2n) is 13.0. The minimum absolute atomic E-state index is 0.142. The smallest absolute Gasteiger partial charge is 0.407 e. The molecule has 5 aromatic rings. The standard InChI is InChI=1S/C38H46N8O4S2/c1-26(2)36-43-32(23-51-36)21-46(3)37(48)45-34(18-31-19-39-24-41-31)35(47)42-29(16-27-10-6-4-7-11-27)14-15-30(17-28-12-8-5-9-13-28)44-38(49)50-22-33-20-40-25-52-33/h4-13,19-20,23-26,29-30,34H,14-18,21-22H2,1-3H3,(H,39,41)(H,42,47)(H,44,49)(H,45,48)/t29-,30-,34?/m1/s1. The molecule has 14 heteroatoms. The molecule has 0 radical (unpaired) electrons. The van der Waals surface area contributed by atoms with Crippen LogP contribution in [0.25, 0.3) is 0 Å². The van der Waals surface area contributed by atoms with Gasteiger partial charge in [0.2, 0.25) is 5.91 Å². The second kappa shape index (κ2) is 19.5. The first-order chi connectivity index (χ1) is 25.2. The molecule has 3 heterocycles. The Morgan fingerprint density at radius 1 is 0.846 bits per heavy atom. The van der Waals surface area contributed by atoms with Crippen molar-refractivity contribution in [1.29, 1.82) is 0 Å². The molecule has 4 N–H and O–H groups in total. The number of amides is 4. The van der Waals surface area contributed by atoms with Gasteiger partial charge in [0.05, 0.1) is 34.0 Å². The van der Waals surface area contributed by atoms with E-state index in [-0.39, 0.29) is 37.0 Å². The maximum Gasteiger partial charge on any atom is 0.407 e. The molecule has 0 saturated carbocycles. The number of benzene rings is 2. The van der Waals surface area contributed by atoms with E-state index in [1.807, 2.05) is 66.0 Å². The zero-order valence-corrected chi connectivity index (χ0v) is 31.3. The fraction of sp³-hybridized carbons (Fsp3) is 0.368. The Hall–Kier alpha value is -5.08. The average molecular weight is 743 g/mol. The first-order valence-electron chi connectivity index (χ1n) is 17.3. The Morgan fingerprint density at radius 2 is 1.52 bits per heavy atom. The van der Waals surface area contributed by atoms with Crippen molar-refractivity contribution in [2.75, 3.05) is 7.05 Å². The van der Waals surface area contributed by atoms with Crippen LogP contribution in [-0.4, -0.2) is 68.0 Å². The third-order valence-corrected chi connectivity index (χ3v) is 10.4. The molecule has 2 aromatic carbocycles. The van der Waals surface area contributed by atoms with Gasteiger partial charge in [-0.2, -0.15) is 0 Å². The molecule has 1 unspecified atom stereocenters. The normalized spacial score (nSPS) is 12.8. The maximum atomic E-state index is 14.1. The second-order valence-corrected chi connectivity index (χ2v) is 14.9. The molecule has 0 bridgehead atoms. The average Bonchev–Trinajstić information content (AvgIpc) is 3.95. The number of nitrogens with one attached hydrogen (secondary N) is 4. The maximum absolute atomic E-state index is 14.1. The fourth-order valence-electron chi connectivity index (χ4n) is 5.67. The highest BCUT2D eigenvalue weighted by Gasteiger charge is 2.27. The van der Waals surface area contributed by atoms with E-state index >= 15 is 0 Å². The lowest BCUT2D eigenvalue weighted by Crippen LogP contribution is -2.53. The Labute approximate surface area is 312 Å². The van der Waals surface area contributed by atoms with Crippen LogP contribution >= 0.6 is 22.7 Å². The molecule has 5 rings (SSSR count). The molecule has 274 valence electrons. The number of aromatic nitrogens is 4. The number of thiazole rings is 2. The van der Waals surface area contributed by atoms with Crippen LogP contribution in [-0.2, 0) is 41.9 Å². The van der Waals surface area contributed by atoms with Crippen LogP contribution in [0.3, 0.4) is 0 Å². The van der Waals surface area contributed by atoms with Crippen LogP contribution in [0.4, 0.5) is 9.59 Å². The van der Waals surface area contributed by atoms with Gasteiger partial charge < -0.3 is 30.6 Å². The number of carbonyl (C=O) groups excluding carboxylic acids is 3. The summed E-state index contributed by atoms with van der Waals surface area (Å²) in [6, 6.07) is 18.1. The first-order valence-corrected chi connectivity index (χ1v) is 19.1. The van der Waals surface area contributed by atoms with Crippen LogP contribution < -0.4 is 16.0 Å². The van der Waals surface area contributed by atoms with E-state index in [2.05, 4.69) is 49.7 Å². The van der Waals surface area contributed by atoms with Crippen molar-refractivity contribution < 1.29 is 19.1 Å². The van der Waals surface area contributed by atoms with Crippen molar-refractivity contribution in [3.8, 4) is 0 Å². The van der Waals surface area contributed by atoms with Crippen LogP contribution in [0.15, 0.2) is 90.3 Å². The summed E-state index contributed by atoms with van der Waals surface area (Å²) in [6.45, 7) is 4.62. The summed E-state index contributed by atoms with van der Waals surface area (Å²) in [5, 5.41) is 12.2. The van der Waals surface area contributed by atoms with E-state index in [1.54, 1.807) is 42.6 Å². The van der Waals surface area contributed by atoms with Crippen LogP contribution in [0, 0.1) is 0 Å². The van der Waals surface area contributed by atoms with Gasteiger partial charge in [0.25, 0.3) is 0 Å². The lowest BCUT2D eigenvalue weighted by molar-refractivity contribution is -0.123. The van der Waals surface area contributed by atoms with Crippen molar-refractivity contribution in [1.82, 2.24) is 40.8 Å². The molecule has 0 aliphatic carbocycles. The molecule has 52 heavy (non-hydrogen) atoms. The third-order valence-electron chi connectivity index (χ3n) is 8.41. The van der Waals surface area contributed by atoms with Crippen molar-refractivity contribution in [3.05, 3.63) is 123 Å². The highest BCUT2D eigenvalue weighted by Crippen LogP contribution is 2.20. The lowest BCUT2D eigenvalue weighted by atomic mass is 9.95. The molecule has 3 atom stereocenters. The summed E-state index contributed by atoms with van der Waals surface area (Å²) in [6.07, 6.45) is 6.86. The number of rotatable bonds is 18. The highest BCUT2D eigenvalue weighted by atomic mass is 32.1. The third kappa shape index (κ3) is 12.3. The number of alkyl carbamates (subject to hydrolysis) is 1. The van der Waals surface area contributed by atoms with Crippen molar-refractivity contribution in [3.63, 3.8) is 0 Å². The van der Waals surface area contributed by atoms with Gasteiger partial charge in [0.1, 0.15) is 12.6 Å². The number of hydrogen-bond donors (Lipinski definition) is 4. The highest BCUT2D eigenvalue weighted by molar-refractivity contribution is 7.09. The fourth-order valence-corrected chi connectivity index (χ4v) is 7.00. The monoisotopic (exact) mass is 742 g/mol. The molecular formula is C38H46N8O4S2. The number of carbonyl (C=O) groups is 3. The molecular weight excluding hydrogens is 697 g/mol. The predicted octanol–water partition coefficient (Wildman–Crippen LogP) is 6.24. The molecule has 4 amide bonds. The van der Waals surface area contributed by atoms with Gasteiger partial charge >= 0.3 is 12.1 Å². The Balaban J connectivity index is 1.28. The molecule has 0 fully saturated rings. The van der Waals surface area contributed by atoms with E-state index in [0.717, 1.165) is 26.7 Å². The first kappa shape index (κ1) is 38.2. The minimum atomic E-state index is -0.879. The topological polar surface area (TPSA) is 154 Å². The Kier molecular flexibility index (Phi) is 14.3. The van der Waals surface area contributed by atoms with E-state index < -0.39 is 12.1 Å². The molecule has 0 aliphatic heterocycles. The number of ether oxygens (including phenoxy) is 1. The van der Waals surface area contributed by atoms with Gasteiger partial charge in [0, 0.05) is 54.9 Å². The largest absolute Gasteiger partial charge is 0.444 e. The number of aromatic amines is 1. The number of hydrogen-bond acceptors (Lipinski definition) is 9. The van der Waals surface area contributed by atoms with E-state index in [0.29, 0.717) is 43.8 Å². The van der Waals surface area contributed by atoms with Crippen LogP contribution in [0.1, 0.15) is 65.0 Å². The van der Waals surface area contributed by atoms with Crippen molar-refractivity contribution in [2.45, 2.75) is 83.1 Å². The zero-order chi connectivity index (χ0) is 36.7. The summed E-state index contributed by atoms with van der Waals surface area (Å²) < 4.78 is 5.50. The molecule has 0 aliphatic rings. The minimum Gasteiger partial charge on any atom is -0.444 e. The Morgan fingerprint density at radius 3 is 2.10 bits per heavy atom. The van der Waals surface area contributed by atoms with Crippen LogP contribution in [0.5, 0.6) is 0 Å². The number of nitrogens with zero attached hydrogens (tertiary/aromatic N) is 4. The van der Waals surface area contributed by atoms with Gasteiger partial charge in [-0.3, -0.25) is 9.78 Å². The molecule has 3 aromatic heterocycles. The summed E-state index contributed by atoms with van der Waals surface area (Å²) >= 11 is 3.00. The number of H-pyrrole nitrogens is 1. The number of imidazole rings is 1. The zero-order valence-electron chi connectivity index (χ0n) is 29.7. The van der Waals surface area contributed by atoms with Gasteiger partial charge in [-0.15, -0.1) is 22.7 Å². The van der Waals surface area contributed by atoms with Gasteiger partial charge in [-0.25, -0.2) is 19.6 Å². The van der Waals surface area contributed by atoms with Gasteiger partial charge in [-0.1, -0.05) is 74.5 Å². The van der Waals surface area contributed by atoms with E-state index in [1.165, 1.54) is 16.2 Å². The van der Waals surface area contributed by atoms with Gasteiger partial charge in [0.15, 0.2) is 0 Å². The number of urea groups is 1. The summed E-state index contributed by atoms with van der Waals surface area (Å²) in [5.41, 5.74) is 5.35. The quantitative estimate of drug-likeness (QED) is 0.0829. The lowest BCUT2D eigenvalue weighted by Gasteiger charge is -2.27. The summed E-state index contributed by atoms with van der Waals surface area (Å²) in [5.74, 6) is -0.0128. The van der Waals surface area contributed by atoms with E-state index in [9.17, 15) is 14.4 Å². The SMILES string of the molecule is CC(C)c1nc(CN(C)C(=O)NC(Cc2cnc[nH]2)C(=O)N[C@H](CC[C@H](Cc2ccccc2)NC(=O)OCc2cncs2)Cc2ccccc2)cs1. The molecule has 0 saturated heterocycles. The van der Waals surface area contributed by atoms with Gasteiger partial charge in [-0.05, 0) is 36.8 Å². The van der Waals surface area contributed by atoms with Crippen LogP contribution in [0.2, 0.25) is 0 Å². The van der Waals surface area contributed by atoms with E-state index in [4.69, 9.17) is 4.74 Å². The predicted molar refractivity (Wildman–Crippen MR) is 203 cm³/mol.